The van der Waals surface area contributed by atoms with Gasteiger partial charge >= 0.3 is 0 Å². The van der Waals surface area contributed by atoms with E-state index < -0.39 is 0 Å². The summed E-state index contributed by atoms with van der Waals surface area (Å²) in [6, 6.07) is 7.37. The predicted octanol–water partition coefficient (Wildman–Crippen LogP) is 3.95. The topological polar surface area (TPSA) is 41.1 Å². The summed E-state index contributed by atoms with van der Waals surface area (Å²) in [5, 5.41) is 6.60. The van der Waals surface area contributed by atoms with Crippen molar-refractivity contribution >= 4 is 18.3 Å². The van der Waals surface area contributed by atoms with E-state index in [0.717, 1.165) is 50.6 Å². The molecule has 2 N–H and O–H groups in total. The maximum absolute atomic E-state index is 13.7. The van der Waals surface area contributed by atoms with E-state index in [9.17, 15) is 9.18 Å². The largest absolute Gasteiger partial charge is 0.355 e. The van der Waals surface area contributed by atoms with Crippen LogP contribution in [0.4, 0.5) is 4.39 Å². The molecule has 140 valence electrons. The molecule has 5 heteroatoms. The maximum atomic E-state index is 13.7. The number of piperidine rings is 1. The van der Waals surface area contributed by atoms with Gasteiger partial charge < -0.3 is 10.6 Å². The number of hydrogen-bond donors (Lipinski definition) is 2. The molecule has 1 aromatic carbocycles. The molecular formula is C20H30ClFN2O. The van der Waals surface area contributed by atoms with Crippen LogP contribution in [0.2, 0.25) is 0 Å². The first kappa shape index (κ1) is 20.2. The lowest BCUT2D eigenvalue weighted by Crippen LogP contribution is -2.47. The van der Waals surface area contributed by atoms with Gasteiger partial charge in [-0.1, -0.05) is 31.4 Å². The first-order valence-corrected chi connectivity index (χ1v) is 9.36. The SMILES string of the molecule is C[C@H]1C[C@@H](C(=O)NCC2(c3cccc(F)c3)CCCCC2)CCN1.Cl. The van der Waals surface area contributed by atoms with Gasteiger partial charge in [-0.2, -0.15) is 0 Å². The summed E-state index contributed by atoms with van der Waals surface area (Å²) < 4.78 is 13.7. The Hall–Kier alpha value is -1.13. The molecule has 0 bridgehead atoms. The van der Waals surface area contributed by atoms with Gasteiger partial charge in [0.25, 0.3) is 0 Å². The number of carbonyl (C=O) groups excluding carboxylic acids is 1. The molecule has 3 nitrogen and oxygen atoms in total. The lowest BCUT2D eigenvalue weighted by atomic mass is 9.69. The van der Waals surface area contributed by atoms with Gasteiger partial charge in [-0.15, -0.1) is 12.4 Å². The molecule has 0 aromatic heterocycles. The van der Waals surface area contributed by atoms with Crippen LogP contribution >= 0.6 is 12.4 Å². The van der Waals surface area contributed by atoms with Crippen LogP contribution < -0.4 is 10.6 Å². The zero-order chi connectivity index (χ0) is 17.0. The molecule has 1 aromatic rings. The van der Waals surface area contributed by atoms with Crippen LogP contribution in [0.5, 0.6) is 0 Å². The van der Waals surface area contributed by atoms with E-state index in [-0.39, 0.29) is 35.5 Å². The van der Waals surface area contributed by atoms with Crippen molar-refractivity contribution in [3.05, 3.63) is 35.6 Å². The van der Waals surface area contributed by atoms with Crippen molar-refractivity contribution in [1.82, 2.24) is 10.6 Å². The first-order chi connectivity index (χ1) is 11.6. The quantitative estimate of drug-likeness (QED) is 0.844. The molecule has 1 saturated heterocycles. The van der Waals surface area contributed by atoms with E-state index in [1.165, 1.54) is 12.5 Å². The van der Waals surface area contributed by atoms with Crippen LogP contribution in [0.25, 0.3) is 0 Å². The lowest BCUT2D eigenvalue weighted by Gasteiger charge is -2.39. The van der Waals surface area contributed by atoms with Crippen molar-refractivity contribution in [3.8, 4) is 0 Å². The zero-order valence-electron chi connectivity index (χ0n) is 15.0. The molecule has 0 spiro atoms. The fraction of sp³-hybridized carbons (Fsp3) is 0.650. The molecule has 2 aliphatic rings. The van der Waals surface area contributed by atoms with Crippen LogP contribution in [0, 0.1) is 11.7 Å². The summed E-state index contributed by atoms with van der Waals surface area (Å²) >= 11 is 0. The first-order valence-electron chi connectivity index (χ1n) is 9.36. The number of carbonyl (C=O) groups is 1. The molecular weight excluding hydrogens is 339 g/mol. The highest BCUT2D eigenvalue weighted by atomic mass is 35.5. The van der Waals surface area contributed by atoms with Crippen molar-refractivity contribution in [2.75, 3.05) is 13.1 Å². The smallest absolute Gasteiger partial charge is 0.223 e. The van der Waals surface area contributed by atoms with E-state index in [4.69, 9.17) is 0 Å². The van der Waals surface area contributed by atoms with Crippen molar-refractivity contribution in [1.29, 1.82) is 0 Å². The Kier molecular flexibility index (Phi) is 7.26. The normalized spacial score (nSPS) is 25.7. The minimum Gasteiger partial charge on any atom is -0.355 e. The van der Waals surface area contributed by atoms with Gasteiger partial charge in [0.2, 0.25) is 5.91 Å². The van der Waals surface area contributed by atoms with Crippen molar-refractivity contribution < 1.29 is 9.18 Å². The number of rotatable bonds is 4. The summed E-state index contributed by atoms with van der Waals surface area (Å²) in [6.45, 7) is 3.68. The monoisotopic (exact) mass is 368 g/mol. The maximum Gasteiger partial charge on any atom is 0.223 e. The Morgan fingerprint density at radius 1 is 1.32 bits per heavy atom. The highest BCUT2D eigenvalue weighted by Crippen LogP contribution is 2.39. The second-order valence-electron chi connectivity index (χ2n) is 7.65. The van der Waals surface area contributed by atoms with Gasteiger partial charge in [0.05, 0.1) is 0 Å². The third-order valence-corrected chi connectivity index (χ3v) is 5.84. The third kappa shape index (κ3) is 4.95. The summed E-state index contributed by atoms with van der Waals surface area (Å²) in [7, 11) is 0. The molecule has 1 saturated carbocycles. The Morgan fingerprint density at radius 3 is 2.76 bits per heavy atom. The second kappa shape index (κ2) is 9.00. The Morgan fingerprint density at radius 2 is 2.08 bits per heavy atom. The number of nitrogens with one attached hydrogen (secondary N) is 2. The average molecular weight is 369 g/mol. The van der Waals surface area contributed by atoms with Gasteiger partial charge in [0, 0.05) is 23.9 Å². The van der Waals surface area contributed by atoms with Crippen molar-refractivity contribution in [2.24, 2.45) is 5.92 Å². The molecule has 1 aliphatic carbocycles. The fourth-order valence-electron chi connectivity index (χ4n) is 4.39. The summed E-state index contributed by atoms with van der Waals surface area (Å²) in [5.41, 5.74) is 0.940. The van der Waals surface area contributed by atoms with E-state index >= 15 is 0 Å². The van der Waals surface area contributed by atoms with E-state index in [2.05, 4.69) is 17.6 Å². The number of halogens is 2. The van der Waals surface area contributed by atoms with Crippen LogP contribution in [0.3, 0.4) is 0 Å². The average Bonchev–Trinajstić information content (AvgIpc) is 2.60. The molecule has 2 atom stereocenters. The molecule has 0 radical (unpaired) electrons. The fourth-order valence-corrected chi connectivity index (χ4v) is 4.39. The summed E-state index contributed by atoms with van der Waals surface area (Å²) in [6.07, 6.45) is 7.39. The predicted molar refractivity (Wildman–Crippen MR) is 102 cm³/mol. The second-order valence-corrected chi connectivity index (χ2v) is 7.65. The van der Waals surface area contributed by atoms with E-state index in [1.54, 1.807) is 12.1 Å². The Bertz CT molecular complexity index is 575. The Labute approximate surface area is 156 Å². The molecule has 3 rings (SSSR count). The summed E-state index contributed by atoms with van der Waals surface area (Å²) in [5.74, 6) is 0.0926. The highest BCUT2D eigenvalue weighted by Gasteiger charge is 2.35. The molecule has 2 fully saturated rings. The van der Waals surface area contributed by atoms with Crippen LogP contribution in [0.1, 0.15) is 57.4 Å². The third-order valence-electron chi connectivity index (χ3n) is 5.84. The van der Waals surface area contributed by atoms with Crippen LogP contribution in [0.15, 0.2) is 24.3 Å². The molecule has 25 heavy (non-hydrogen) atoms. The molecule has 1 aliphatic heterocycles. The number of benzene rings is 1. The van der Waals surface area contributed by atoms with Gasteiger partial charge in [-0.3, -0.25) is 4.79 Å². The molecule has 1 amide bonds. The zero-order valence-corrected chi connectivity index (χ0v) is 15.8. The lowest BCUT2D eigenvalue weighted by molar-refractivity contribution is -0.126. The Balaban J connectivity index is 0.00000225. The van der Waals surface area contributed by atoms with E-state index in [0.29, 0.717) is 12.6 Å². The van der Waals surface area contributed by atoms with Gasteiger partial charge in [-0.05, 0) is 56.8 Å². The minimum absolute atomic E-state index is 0. The number of hydrogen-bond acceptors (Lipinski definition) is 2. The van der Waals surface area contributed by atoms with Crippen molar-refractivity contribution in [2.45, 2.75) is 63.3 Å². The minimum atomic E-state index is -0.184. The van der Waals surface area contributed by atoms with Crippen molar-refractivity contribution in [3.63, 3.8) is 0 Å². The number of amides is 1. The van der Waals surface area contributed by atoms with Crippen LogP contribution in [-0.4, -0.2) is 25.0 Å². The molecule has 0 unspecified atom stereocenters. The molecule has 1 heterocycles. The van der Waals surface area contributed by atoms with Gasteiger partial charge in [0.1, 0.15) is 5.82 Å². The van der Waals surface area contributed by atoms with Gasteiger partial charge in [0.15, 0.2) is 0 Å². The standard InChI is InChI=1S/C20H29FN2O.ClH/c1-15-12-16(8-11-22-15)19(24)23-14-20(9-3-2-4-10-20)17-6-5-7-18(21)13-17;/h5-7,13,15-16,22H,2-4,8-12,14H2,1H3,(H,23,24);1H/t15-,16-;/m0./s1. The van der Waals surface area contributed by atoms with Crippen LogP contribution in [-0.2, 0) is 10.2 Å². The van der Waals surface area contributed by atoms with E-state index in [1.807, 2.05) is 6.07 Å². The van der Waals surface area contributed by atoms with Gasteiger partial charge in [-0.25, -0.2) is 4.39 Å². The highest BCUT2D eigenvalue weighted by molar-refractivity contribution is 5.85. The summed E-state index contributed by atoms with van der Waals surface area (Å²) in [4.78, 5) is 12.6.